The number of halogens is 2. The predicted molar refractivity (Wildman–Crippen MR) is 123 cm³/mol. The number of carbonyl (C=O) groups excluding carboxylic acids is 2. The summed E-state index contributed by atoms with van der Waals surface area (Å²) in [6.45, 7) is -0.146. The van der Waals surface area contributed by atoms with Gasteiger partial charge in [-0.05, 0) is 64.5 Å². The molecule has 7 nitrogen and oxygen atoms in total. The van der Waals surface area contributed by atoms with Crippen LogP contribution in [-0.4, -0.2) is 44.7 Å². The highest BCUT2D eigenvalue weighted by molar-refractivity contribution is 9.10. The Labute approximate surface area is 192 Å². The van der Waals surface area contributed by atoms with E-state index in [1.165, 1.54) is 23.2 Å². The maximum absolute atomic E-state index is 13.4. The van der Waals surface area contributed by atoms with Crippen molar-refractivity contribution in [2.24, 2.45) is 0 Å². The molecule has 2 heterocycles. The van der Waals surface area contributed by atoms with Crippen LogP contribution in [0, 0.1) is 5.82 Å². The topological polar surface area (TPSA) is 72.2 Å². The van der Waals surface area contributed by atoms with Crippen molar-refractivity contribution in [1.29, 1.82) is 0 Å². The van der Waals surface area contributed by atoms with Crippen LogP contribution in [0.4, 0.5) is 10.1 Å². The SMILES string of the molecule is CN(CC(=O)Nc1ccccc1Br)C(=O)c1cnn(-c2ccc(F)cc2)c1-n1cccc1. The maximum Gasteiger partial charge on any atom is 0.259 e. The van der Waals surface area contributed by atoms with Crippen LogP contribution in [0.3, 0.4) is 0 Å². The smallest absolute Gasteiger partial charge is 0.259 e. The summed E-state index contributed by atoms with van der Waals surface area (Å²) in [4.78, 5) is 27.0. The summed E-state index contributed by atoms with van der Waals surface area (Å²) in [5.74, 6) is -0.578. The number of para-hydroxylation sites is 1. The van der Waals surface area contributed by atoms with E-state index in [1.807, 2.05) is 30.3 Å². The zero-order valence-corrected chi connectivity index (χ0v) is 18.7. The lowest BCUT2D eigenvalue weighted by Gasteiger charge is -2.18. The van der Waals surface area contributed by atoms with Crippen LogP contribution in [0.15, 0.2) is 83.7 Å². The van der Waals surface area contributed by atoms with Gasteiger partial charge in [-0.3, -0.25) is 9.59 Å². The van der Waals surface area contributed by atoms with Crippen molar-refractivity contribution in [3.05, 3.63) is 95.1 Å². The van der Waals surface area contributed by atoms with Gasteiger partial charge in [0.15, 0.2) is 5.82 Å². The third kappa shape index (κ3) is 4.47. The van der Waals surface area contributed by atoms with E-state index in [0.717, 1.165) is 4.47 Å². The Hall–Kier alpha value is -3.72. The Morgan fingerprint density at radius 1 is 1.06 bits per heavy atom. The minimum atomic E-state index is -0.371. The molecule has 0 atom stereocenters. The van der Waals surface area contributed by atoms with Crippen molar-refractivity contribution >= 4 is 33.4 Å². The zero-order valence-electron chi connectivity index (χ0n) is 17.1. The Morgan fingerprint density at radius 2 is 1.75 bits per heavy atom. The number of rotatable bonds is 6. The molecule has 32 heavy (non-hydrogen) atoms. The molecule has 0 fully saturated rings. The molecule has 9 heteroatoms. The zero-order chi connectivity index (χ0) is 22.7. The fourth-order valence-corrected chi connectivity index (χ4v) is 3.62. The van der Waals surface area contributed by atoms with Gasteiger partial charge in [-0.15, -0.1) is 0 Å². The Balaban J connectivity index is 1.60. The molecule has 0 aliphatic rings. The number of aromatic nitrogens is 3. The highest BCUT2D eigenvalue weighted by Crippen LogP contribution is 2.23. The molecule has 2 aromatic heterocycles. The molecule has 2 amide bonds. The Kier molecular flexibility index (Phi) is 6.18. The van der Waals surface area contributed by atoms with Gasteiger partial charge >= 0.3 is 0 Å². The Bertz CT molecular complexity index is 1250. The second kappa shape index (κ2) is 9.19. The molecular weight excluding hydrogens is 477 g/mol. The molecule has 4 aromatic rings. The number of nitrogens with zero attached hydrogens (tertiary/aromatic N) is 4. The minimum absolute atomic E-state index is 0.146. The van der Waals surface area contributed by atoms with Gasteiger partial charge < -0.3 is 14.8 Å². The molecule has 4 rings (SSSR count). The van der Waals surface area contributed by atoms with Crippen molar-refractivity contribution in [2.75, 3.05) is 18.9 Å². The fraction of sp³-hybridized carbons (Fsp3) is 0.0870. The van der Waals surface area contributed by atoms with Gasteiger partial charge in [-0.1, -0.05) is 12.1 Å². The summed E-state index contributed by atoms with van der Waals surface area (Å²) >= 11 is 3.39. The highest BCUT2D eigenvalue weighted by Gasteiger charge is 2.24. The highest BCUT2D eigenvalue weighted by atomic mass is 79.9. The number of nitrogens with one attached hydrogen (secondary N) is 1. The second-order valence-corrected chi connectivity index (χ2v) is 7.90. The van der Waals surface area contributed by atoms with E-state index in [2.05, 4.69) is 26.3 Å². The van der Waals surface area contributed by atoms with Gasteiger partial charge in [0, 0.05) is 23.9 Å². The predicted octanol–water partition coefficient (Wildman–Crippen LogP) is 4.28. The molecule has 0 bridgehead atoms. The number of likely N-dealkylation sites (N-methyl/N-ethyl adjacent to an activating group) is 1. The fourth-order valence-electron chi connectivity index (χ4n) is 3.23. The number of hydrogen-bond donors (Lipinski definition) is 1. The van der Waals surface area contributed by atoms with Crippen LogP contribution in [0.5, 0.6) is 0 Å². The summed E-state index contributed by atoms with van der Waals surface area (Å²) in [5.41, 5.74) is 1.53. The van der Waals surface area contributed by atoms with Crippen LogP contribution in [0.1, 0.15) is 10.4 Å². The molecule has 0 spiro atoms. The van der Waals surface area contributed by atoms with E-state index in [-0.39, 0.29) is 24.2 Å². The van der Waals surface area contributed by atoms with Crippen molar-refractivity contribution in [3.8, 4) is 11.5 Å². The number of amides is 2. The molecule has 162 valence electrons. The minimum Gasteiger partial charge on any atom is -0.332 e. The van der Waals surface area contributed by atoms with Crippen LogP contribution in [0.2, 0.25) is 0 Å². The molecule has 0 saturated heterocycles. The van der Waals surface area contributed by atoms with Gasteiger partial charge in [0.25, 0.3) is 5.91 Å². The largest absolute Gasteiger partial charge is 0.332 e. The van der Waals surface area contributed by atoms with Gasteiger partial charge in [-0.2, -0.15) is 5.10 Å². The Morgan fingerprint density at radius 3 is 2.44 bits per heavy atom. The van der Waals surface area contributed by atoms with Crippen LogP contribution < -0.4 is 5.32 Å². The van der Waals surface area contributed by atoms with Crippen LogP contribution >= 0.6 is 15.9 Å². The number of anilines is 1. The number of hydrogen-bond acceptors (Lipinski definition) is 3. The summed E-state index contributed by atoms with van der Waals surface area (Å²) in [7, 11) is 1.55. The lowest BCUT2D eigenvalue weighted by molar-refractivity contribution is -0.116. The van der Waals surface area contributed by atoms with E-state index in [9.17, 15) is 14.0 Å². The average molecular weight is 496 g/mol. The van der Waals surface area contributed by atoms with Crippen molar-refractivity contribution in [2.45, 2.75) is 0 Å². The van der Waals surface area contributed by atoms with Gasteiger partial charge in [0.05, 0.1) is 24.1 Å². The van der Waals surface area contributed by atoms with E-state index >= 15 is 0 Å². The molecular formula is C23H19BrFN5O2. The first kappa shape index (κ1) is 21.5. The summed E-state index contributed by atoms with van der Waals surface area (Å²) in [6.07, 6.45) is 5.02. The maximum atomic E-state index is 13.4. The van der Waals surface area contributed by atoms with E-state index < -0.39 is 0 Å². The number of carbonyl (C=O) groups is 2. The summed E-state index contributed by atoms with van der Waals surface area (Å²) in [6, 6.07) is 16.7. The van der Waals surface area contributed by atoms with E-state index in [1.54, 1.807) is 46.9 Å². The van der Waals surface area contributed by atoms with Crippen LogP contribution in [-0.2, 0) is 4.79 Å². The van der Waals surface area contributed by atoms with Gasteiger partial charge in [0.1, 0.15) is 11.4 Å². The first-order valence-corrected chi connectivity index (χ1v) is 10.5. The lowest BCUT2D eigenvalue weighted by atomic mass is 10.2. The number of benzene rings is 2. The third-order valence-electron chi connectivity index (χ3n) is 4.77. The standard InChI is InChI=1S/C23H19BrFN5O2/c1-28(15-21(31)27-20-7-3-2-6-19(20)24)23(32)18-14-26-30(17-10-8-16(25)9-11-17)22(18)29-12-4-5-13-29/h2-14H,15H2,1H3,(H,27,31). The van der Waals surface area contributed by atoms with Crippen LogP contribution in [0.25, 0.3) is 11.5 Å². The normalized spacial score (nSPS) is 10.7. The van der Waals surface area contributed by atoms with Gasteiger partial charge in [-0.25, -0.2) is 9.07 Å². The first-order chi connectivity index (χ1) is 15.4. The quantitative estimate of drug-likeness (QED) is 0.434. The van der Waals surface area contributed by atoms with Gasteiger partial charge in [0.2, 0.25) is 5.91 Å². The van der Waals surface area contributed by atoms with Crippen molar-refractivity contribution in [1.82, 2.24) is 19.2 Å². The monoisotopic (exact) mass is 495 g/mol. The van der Waals surface area contributed by atoms with E-state index in [0.29, 0.717) is 22.8 Å². The van der Waals surface area contributed by atoms with E-state index in [4.69, 9.17) is 0 Å². The first-order valence-electron chi connectivity index (χ1n) is 9.71. The molecule has 0 saturated carbocycles. The second-order valence-electron chi connectivity index (χ2n) is 7.05. The molecule has 0 unspecified atom stereocenters. The molecule has 0 aliphatic heterocycles. The average Bonchev–Trinajstić information content (AvgIpc) is 3.45. The van der Waals surface area contributed by atoms with Crippen molar-refractivity contribution in [3.63, 3.8) is 0 Å². The molecule has 0 radical (unpaired) electrons. The molecule has 1 N–H and O–H groups in total. The molecule has 0 aliphatic carbocycles. The van der Waals surface area contributed by atoms with Crippen molar-refractivity contribution < 1.29 is 14.0 Å². The summed E-state index contributed by atoms with van der Waals surface area (Å²) < 4.78 is 17.4. The lowest BCUT2D eigenvalue weighted by Crippen LogP contribution is -2.35. The molecule has 2 aromatic carbocycles. The summed E-state index contributed by atoms with van der Waals surface area (Å²) in [5, 5.41) is 7.14. The third-order valence-corrected chi connectivity index (χ3v) is 5.46.